The van der Waals surface area contributed by atoms with Gasteiger partial charge in [-0.3, -0.25) is 20.2 Å². The molecule has 1 fully saturated rings. The van der Waals surface area contributed by atoms with E-state index in [1.807, 2.05) is 0 Å². The number of amides is 1. The molecular weight excluding hydrogens is 323 g/mol. The second-order valence-electron chi connectivity index (χ2n) is 5.81. The van der Waals surface area contributed by atoms with E-state index in [2.05, 4.69) is 25.5 Å². The molecule has 128 valence electrons. The van der Waals surface area contributed by atoms with Crippen molar-refractivity contribution in [3.63, 3.8) is 0 Å². The first-order valence-electron chi connectivity index (χ1n) is 7.65. The molecule has 0 aromatic carbocycles. The van der Waals surface area contributed by atoms with Gasteiger partial charge in [-0.05, 0) is 31.4 Å². The Morgan fingerprint density at radius 3 is 2.83 bits per heavy atom. The normalized spacial score (nSPS) is 21.5. The summed E-state index contributed by atoms with van der Waals surface area (Å²) >= 11 is 0. The van der Waals surface area contributed by atoms with Crippen molar-refractivity contribution in [2.24, 2.45) is 11.8 Å². The Labute approximate surface area is 135 Å². The van der Waals surface area contributed by atoms with Crippen LogP contribution < -0.4 is 5.32 Å². The van der Waals surface area contributed by atoms with Gasteiger partial charge in [-0.15, -0.1) is 5.10 Å². The molecule has 2 aromatic heterocycles. The van der Waals surface area contributed by atoms with Crippen molar-refractivity contribution >= 4 is 11.9 Å². The van der Waals surface area contributed by atoms with Crippen molar-refractivity contribution in [3.05, 3.63) is 24.4 Å². The molecule has 6 nitrogen and oxygen atoms in total. The molecule has 9 heteroatoms. The van der Waals surface area contributed by atoms with Crippen LogP contribution >= 0.6 is 0 Å². The van der Waals surface area contributed by atoms with Gasteiger partial charge in [0.2, 0.25) is 11.9 Å². The molecule has 0 radical (unpaired) electrons. The van der Waals surface area contributed by atoms with E-state index in [0.29, 0.717) is 24.4 Å². The zero-order chi connectivity index (χ0) is 17.2. The molecule has 1 aliphatic rings. The van der Waals surface area contributed by atoms with Crippen molar-refractivity contribution in [1.29, 1.82) is 0 Å². The number of aromatic nitrogens is 4. The van der Waals surface area contributed by atoms with Crippen molar-refractivity contribution in [1.82, 2.24) is 20.2 Å². The molecule has 2 aromatic rings. The molecule has 24 heavy (non-hydrogen) atoms. The molecule has 0 spiro atoms. The number of nitrogens with one attached hydrogen (secondary N) is 2. The fourth-order valence-electron chi connectivity index (χ4n) is 2.87. The van der Waals surface area contributed by atoms with Crippen LogP contribution in [0.1, 0.15) is 25.7 Å². The highest BCUT2D eigenvalue weighted by Gasteiger charge is 2.43. The van der Waals surface area contributed by atoms with E-state index in [1.54, 1.807) is 24.4 Å². The van der Waals surface area contributed by atoms with Crippen LogP contribution in [0.4, 0.5) is 19.1 Å². The average Bonchev–Trinajstić information content (AvgIpc) is 3.03. The van der Waals surface area contributed by atoms with Gasteiger partial charge in [-0.1, -0.05) is 12.5 Å². The number of aromatic amines is 1. The number of alkyl halides is 3. The van der Waals surface area contributed by atoms with E-state index in [9.17, 15) is 18.0 Å². The van der Waals surface area contributed by atoms with Crippen molar-refractivity contribution < 1.29 is 18.0 Å². The second-order valence-corrected chi connectivity index (χ2v) is 5.81. The lowest BCUT2D eigenvalue weighted by molar-refractivity contribution is -0.185. The van der Waals surface area contributed by atoms with Crippen LogP contribution in [-0.4, -0.2) is 32.2 Å². The summed E-state index contributed by atoms with van der Waals surface area (Å²) in [6.45, 7) is 0. The Bertz CT molecular complexity index is 701. The molecule has 2 N–H and O–H groups in total. The van der Waals surface area contributed by atoms with E-state index >= 15 is 0 Å². The molecule has 1 amide bonds. The Hall–Kier alpha value is -2.45. The summed E-state index contributed by atoms with van der Waals surface area (Å²) in [5.41, 5.74) is 0.556. The highest BCUT2D eigenvalue weighted by atomic mass is 19.4. The van der Waals surface area contributed by atoms with Crippen LogP contribution in [0, 0.1) is 11.8 Å². The SMILES string of the molecule is O=C(Nc1n[nH]c(-c2ccccn2)n1)[C@@H]1CCC[C@@H](C(F)(F)F)C1. The molecule has 0 bridgehead atoms. The van der Waals surface area contributed by atoms with Crippen molar-refractivity contribution in [2.75, 3.05) is 5.32 Å². The first-order valence-corrected chi connectivity index (χ1v) is 7.65. The average molecular weight is 339 g/mol. The maximum atomic E-state index is 12.8. The maximum absolute atomic E-state index is 12.8. The number of hydrogen-bond acceptors (Lipinski definition) is 4. The molecule has 0 saturated heterocycles. The Balaban J connectivity index is 1.64. The Morgan fingerprint density at radius 1 is 1.29 bits per heavy atom. The minimum absolute atomic E-state index is 0.0368. The largest absolute Gasteiger partial charge is 0.391 e. The maximum Gasteiger partial charge on any atom is 0.391 e. The molecule has 0 aliphatic heterocycles. The summed E-state index contributed by atoms with van der Waals surface area (Å²) in [5.74, 6) is -2.16. The Morgan fingerprint density at radius 2 is 2.12 bits per heavy atom. The number of anilines is 1. The van der Waals surface area contributed by atoms with Gasteiger partial charge in [-0.2, -0.15) is 18.2 Å². The highest BCUT2D eigenvalue weighted by molar-refractivity contribution is 5.91. The van der Waals surface area contributed by atoms with Gasteiger partial charge in [0.15, 0.2) is 5.82 Å². The van der Waals surface area contributed by atoms with Gasteiger partial charge in [-0.25, -0.2) is 0 Å². The predicted molar refractivity (Wildman–Crippen MR) is 79.7 cm³/mol. The lowest BCUT2D eigenvalue weighted by Crippen LogP contribution is -2.34. The summed E-state index contributed by atoms with van der Waals surface area (Å²) in [6.07, 6.45) is -1.94. The van der Waals surface area contributed by atoms with E-state index in [4.69, 9.17) is 0 Å². The monoisotopic (exact) mass is 339 g/mol. The van der Waals surface area contributed by atoms with Crippen LogP contribution in [0.5, 0.6) is 0 Å². The van der Waals surface area contributed by atoms with Crippen LogP contribution in [0.2, 0.25) is 0 Å². The second kappa shape index (κ2) is 6.58. The smallest absolute Gasteiger partial charge is 0.293 e. The van der Waals surface area contributed by atoms with E-state index in [1.165, 1.54) is 0 Å². The van der Waals surface area contributed by atoms with E-state index < -0.39 is 23.9 Å². The van der Waals surface area contributed by atoms with E-state index in [-0.39, 0.29) is 18.8 Å². The third-order valence-corrected chi connectivity index (χ3v) is 4.14. The minimum atomic E-state index is -4.25. The topological polar surface area (TPSA) is 83.6 Å². The fourth-order valence-corrected chi connectivity index (χ4v) is 2.87. The predicted octanol–water partition coefficient (Wildman–Crippen LogP) is 3.17. The standard InChI is InChI=1S/C15H16F3N5O/c16-15(17,18)10-5-3-4-9(8-10)13(24)21-14-20-12(22-23-14)11-6-1-2-7-19-11/h1-2,6-7,9-10H,3-5,8H2,(H2,20,21,22,23,24)/t9-,10-/m1/s1. The number of pyridine rings is 1. The molecule has 1 aliphatic carbocycles. The number of carbonyl (C=O) groups is 1. The minimum Gasteiger partial charge on any atom is -0.293 e. The summed E-state index contributed by atoms with van der Waals surface area (Å²) in [5, 5.41) is 9.00. The van der Waals surface area contributed by atoms with Gasteiger partial charge >= 0.3 is 6.18 Å². The van der Waals surface area contributed by atoms with Crippen molar-refractivity contribution in [3.8, 4) is 11.5 Å². The fraction of sp³-hybridized carbons (Fsp3) is 0.467. The molecule has 2 atom stereocenters. The first-order chi connectivity index (χ1) is 11.4. The molecule has 0 unspecified atom stereocenters. The summed E-state index contributed by atoms with van der Waals surface area (Å²) in [7, 11) is 0. The lowest BCUT2D eigenvalue weighted by Gasteiger charge is -2.29. The van der Waals surface area contributed by atoms with Crippen LogP contribution in [0.3, 0.4) is 0 Å². The molecule has 2 heterocycles. The molecular formula is C15H16F3N5O. The quantitative estimate of drug-likeness (QED) is 0.900. The Kier molecular flexibility index (Phi) is 4.50. The lowest BCUT2D eigenvalue weighted by atomic mass is 9.80. The third-order valence-electron chi connectivity index (χ3n) is 4.14. The van der Waals surface area contributed by atoms with E-state index in [0.717, 1.165) is 0 Å². The van der Waals surface area contributed by atoms with Gasteiger partial charge in [0, 0.05) is 12.1 Å². The molecule has 3 rings (SSSR count). The van der Waals surface area contributed by atoms with Crippen LogP contribution in [-0.2, 0) is 4.79 Å². The van der Waals surface area contributed by atoms with Gasteiger partial charge < -0.3 is 0 Å². The van der Waals surface area contributed by atoms with Crippen LogP contribution in [0.15, 0.2) is 24.4 Å². The molecule has 1 saturated carbocycles. The highest BCUT2D eigenvalue weighted by Crippen LogP contribution is 2.40. The number of hydrogen-bond donors (Lipinski definition) is 2. The number of halogens is 3. The zero-order valence-electron chi connectivity index (χ0n) is 12.7. The van der Waals surface area contributed by atoms with Crippen molar-refractivity contribution in [2.45, 2.75) is 31.9 Å². The van der Waals surface area contributed by atoms with Gasteiger partial charge in [0.05, 0.1) is 5.92 Å². The zero-order valence-corrected chi connectivity index (χ0v) is 12.7. The van der Waals surface area contributed by atoms with Crippen LogP contribution in [0.25, 0.3) is 11.5 Å². The summed E-state index contributed by atoms with van der Waals surface area (Å²) < 4.78 is 38.5. The summed E-state index contributed by atoms with van der Waals surface area (Å²) in [6, 6.07) is 5.26. The number of carbonyl (C=O) groups excluding carboxylic acids is 1. The number of rotatable bonds is 3. The van der Waals surface area contributed by atoms with Gasteiger partial charge in [0.25, 0.3) is 0 Å². The van der Waals surface area contributed by atoms with Gasteiger partial charge in [0.1, 0.15) is 5.69 Å². The first kappa shape index (κ1) is 16.4. The number of nitrogens with zero attached hydrogens (tertiary/aromatic N) is 3. The number of H-pyrrole nitrogens is 1. The summed E-state index contributed by atoms with van der Waals surface area (Å²) in [4.78, 5) is 20.4. The third kappa shape index (κ3) is 3.72.